The minimum absolute atomic E-state index is 0.0707. The third-order valence-corrected chi connectivity index (χ3v) is 4.79. The molecule has 4 atom stereocenters. The molecule has 4 unspecified atom stereocenters. The first-order valence-electron chi connectivity index (χ1n) is 10.7. The molecule has 1 rings (SSSR count). The van der Waals surface area contributed by atoms with Gasteiger partial charge in [-0.05, 0) is 17.9 Å². The predicted molar refractivity (Wildman–Crippen MR) is 120 cm³/mol. The molecule has 12 heteroatoms. The normalized spacial score (nSPS) is 14.4. The van der Waals surface area contributed by atoms with E-state index in [0.717, 1.165) is 0 Å². The number of hydrogen-bond acceptors (Lipinski definition) is 7. The first kappa shape index (κ1) is 28.5. The molecule has 0 heterocycles. The van der Waals surface area contributed by atoms with Crippen LogP contribution in [0, 0.1) is 5.92 Å². The first-order valence-corrected chi connectivity index (χ1v) is 10.7. The van der Waals surface area contributed by atoms with Crippen LogP contribution in [0.2, 0.25) is 0 Å². The Balaban J connectivity index is 2.90. The van der Waals surface area contributed by atoms with Crippen LogP contribution in [0.25, 0.3) is 0 Å². The number of aliphatic hydroxyl groups is 1. The minimum Gasteiger partial charge on any atom is -0.481 e. The lowest BCUT2D eigenvalue weighted by atomic mass is 10.0. The van der Waals surface area contributed by atoms with Crippen molar-refractivity contribution in [3.05, 3.63) is 35.9 Å². The molecule has 1 aromatic carbocycles. The van der Waals surface area contributed by atoms with Gasteiger partial charge in [-0.3, -0.25) is 19.2 Å². The second-order valence-corrected chi connectivity index (χ2v) is 8.23. The molecule has 0 aliphatic carbocycles. The zero-order valence-corrected chi connectivity index (χ0v) is 19.1. The Kier molecular flexibility index (Phi) is 11.7. The summed E-state index contributed by atoms with van der Waals surface area (Å²) in [5, 5.41) is 34.8. The average molecular weight is 481 g/mol. The Bertz CT molecular complexity index is 862. The lowest BCUT2D eigenvalue weighted by Gasteiger charge is -2.24. The van der Waals surface area contributed by atoms with Gasteiger partial charge < -0.3 is 37.0 Å². The molecule has 34 heavy (non-hydrogen) atoms. The maximum Gasteiger partial charge on any atom is 0.326 e. The molecule has 1 aromatic rings. The molecule has 0 spiro atoms. The highest BCUT2D eigenvalue weighted by molar-refractivity contribution is 5.95. The standard InChI is InChI=1S/C22H32N4O8/c1-12(2)8-14(23)19(30)26-17(11-27)21(32)24-15(10-18(28)29)20(31)25-16(22(33)34)9-13-6-4-3-5-7-13/h3-7,12,14-17,27H,8-11,23H2,1-2H3,(H,24,32)(H,25,31)(H,26,30)(H,28,29)(H,33,34). The Morgan fingerprint density at radius 3 is 1.88 bits per heavy atom. The largest absolute Gasteiger partial charge is 0.481 e. The van der Waals surface area contributed by atoms with Gasteiger partial charge in [0, 0.05) is 6.42 Å². The van der Waals surface area contributed by atoms with E-state index in [-0.39, 0.29) is 12.3 Å². The van der Waals surface area contributed by atoms with Crippen LogP contribution in [-0.4, -0.2) is 75.8 Å². The number of aliphatic hydroxyl groups excluding tert-OH is 1. The van der Waals surface area contributed by atoms with Gasteiger partial charge in [0.25, 0.3) is 0 Å². The SMILES string of the molecule is CC(C)CC(N)C(=O)NC(CO)C(=O)NC(CC(=O)O)C(=O)NC(Cc1ccccc1)C(=O)O. The summed E-state index contributed by atoms with van der Waals surface area (Å²) < 4.78 is 0. The minimum atomic E-state index is -1.65. The molecule has 0 radical (unpaired) electrons. The van der Waals surface area contributed by atoms with Crippen molar-refractivity contribution >= 4 is 29.7 Å². The number of rotatable bonds is 14. The smallest absolute Gasteiger partial charge is 0.326 e. The quantitative estimate of drug-likeness (QED) is 0.167. The Morgan fingerprint density at radius 2 is 1.38 bits per heavy atom. The zero-order valence-electron chi connectivity index (χ0n) is 19.1. The van der Waals surface area contributed by atoms with Gasteiger partial charge in [0.1, 0.15) is 18.1 Å². The number of carboxylic acids is 2. The van der Waals surface area contributed by atoms with Gasteiger partial charge in [0.2, 0.25) is 17.7 Å². The molecule has 0 saturated carbocycles. The summed E-state index contributed by atoms with van der Waals surface area (Å²) in [5.41, 5.74) is 6.38. The van der Waals surface area contributed by atoms with E-state index in [1.807, 2.05) is 13.8 Å². The van der Waals surface area contributed by atoms with E-state index in [1.165, 1.54) is 0 Å². The molecule has 0 bridgehead atoms. The molecular formula is C22H32N4O8. The van der Waals surface area contributed by atoms with E-state index in [1.54, 1.807) is 30.3 Å². The highest BCUT2D eigenvalue weighted by atomic mass is 16.4. The van der Waals surface area contributed by atoms with E-state index in [9.17, 15) is 34.2 Å². The lowest BCUT2D eigenvalue weighted by Crippen LogP contribution is -2.58. The molecule has 8 N–H and O–H groups in total. The van der Waals surface area contributed by atoms with Crippen molar-refractivity contribution in [2.24, 2.45) is 11.7 Å². The van der Waals surface area contributed by atoms with E-state index >= 15 is 0 Å². The summed E-state index contributed by atoms with van der Waals surface area (Å²) >= 11 is 0. The molecule has 0 aliphatic rings. The van der Waals surface area contributed by atoms with Crippen LogP contribution in [-0.2, 0) is 30.4 Å². The van der Waals surface area contributed by atoms with Gasteiger partial charge in [-0.15, -0.1) is 0 Å². The fourth-order valence-electron chi connectivity index (χ4n) is 3.07. The topological polar surface area (TPSA) is 208 Å². The van der Waals surface area contributed by atoms with E-state index in [2.05, 4.69) is 16.0 Å². The van der Waals surface area contributed by atoms with Gasteiger partial charge in [-0.1, -0.05) is 44.2 Å². The van der Waals surface area contributed by atoms with Crippen molar-refractivity contribution in [2.75, 3.05) is 6.61 Å². The maximum absolute atomic E-state index is 12.7. The summed E-state index contributed by atoms with van der Waals surface area (Å²) in [5.74, 6) is -5.45. The van der Waals surface area contributed by atoms with Crippen LogP contribution < -0.4 is 21.7 Å². The van der Waals surface area contributed by atoms with Gasteiger partial charge in [-0.25, -0.2) is 4.79 Å². The monoisotopic (exact) mass is 480 g/mol. The fourth-order valence-corrected chi connectivity index (χ4v) is 3.07. The van der Waals surface area contributed by atoms with Crippen LogP contribution in [0.15, 0.2) is 30.3 Å². The van der Waals surface area contributed by atoms with Crippen LogP contribution in [0.5, 0.6) is 0 Å². The number of carbonyl (C=O) groups excluding carboxylic acids is 3. The van der Waals surface area contributed by atoms with E-state index in [4.69, 9.17) is 10.8 Å². The number of carbonyl (C=O) groups is 5. The Hall–Kier alpha value is -3.51. The zero-order chi connectivity index (χ0) is 25.8. The van der Waals surface area contributed by atoms with Crippen molar-refractivity contribution in [1.29, 1.82) is 0 Å². The molecule has 0 aromatic heterocycles. The van der Waals surface area contributed by atoms with Crippen molar-refractivity contribution < 1.29 is 39.3 Å². The number of benzene rings is 1. The van der Waals surface area contributed by atoms with Crippen molar-refractivity contribution in [1.82, 2.24) is 16.0 Å². The number of nitrogens with one attached hydrogen (secondary N) is 3. The summed E-state index contributed by atoms with van der Waals surface area (Å²) in [4.78, 5) is 60.2. The van der Waals surface area contributed by atoms with Crippen LogP contribution in [0.1, 0.15) is 32.3 Å². The van der Waals surface area contributed by atoms with Gasteiger partial charge >= 0.3 is 11.9 Å². The van der Waals surface area contributed by atoms with Crippen molar-refractivity contribution in [2.45, 2.75) is 57.3 Å². The molecule has 12 nitrogen and oxygen atoms in total. The highest BCUT2D eigenvalue weighted by Crippen LogP contribution is 2.06. The van der Waals surface area contributed by atoms with Gasteiger partial charge in [0.05, 0.1) is 19.1 Å². The van der Waals surface area contributed by atoms with E-state index in [0.29, 0.717) is 12.0 Å². The van der Waals surface area contributed by atoms with Crippen molar-refractivity contribution in [3.63, 3.8) is 0 Å². The summed E-state index contributed by atoms with van der Waals surface area (Å²) in [6, 6.07) is 2.99. The average Bonchev–Trinajstić information content (AvgIpc) is 2.75. The molecule has 3 amide bonds. The second-order valence-electron chi connectivity index (χ2n) is 8.23. The van der Waals surface area contributed by atoms with E-state index < -0.39 is 66.9 Å². The molecular weight excluding hydrogens is 448 g/mol. The first-order chi connectivity index (χ1) is 15.9. The second kappa shape index (κ2) is 13.9. The maximum atomic E-state index is 12.7. The van der Waals surface area contributed by atoms with Crippen LogP contribution in [0.4, 0.5) is 0 Å². The van der Waals surface area contributed by atoms with Crippen LogP contribution >= 0.6 is 0 Å². The summed E-state index contributed by atoms with van der Waals surface area (Å²) in [6.07, 6.45) is -0.597. The van der Waals surface area contributed by atoms with Crippen molar-refractivity contribution in [3.8, 4) is 0 Å². The molecule has 0 saturated heterocycles. The highest BCUT2D eigenvalue weighted by Gasteiger charge is 2.31. The summed E-state index contributed by atoms with van der Waals surface area (Å²) in [7, 11) is 0. The molecule has 0 aliphatic heterocycles. The third kappa shape index (κ3) is 9.96. The van der Waals surface area contributed by atoms with Gasteiger partial charge in [0.15, 0.2) is 0 Å². The van der Waals surface area contributed by atoms with Gasteiger partial charge in [-0.2, -0.15) is 0 Å². The number of aliphatic carboxylic acids is 2. The third-order valence-electron chi connectivity index (χ3n) is 4.79. The fraction of sp³-hybridized carbons (Fsp3) is 0.500. The molecule has 188 valence electrons. The summed E-state index contributed by atoms with van der Waals surface area (Å²) in [6.45, 7) is 2.86. The molecule has 0 fully saturated rings. The Labute approximate surface area is 196 Å². The number of hydrogen-bond donors (Lipinski definition) is 7. The van der Waals surface area contributed by atoms with Crippen LogP contribution in [0.3, 0.4) is 0 Å². The lowest BCUT2D eigenvalue weighted by molar-refractivity contribution is -0.143. The number of carboxylic acid groups (broad SMARTS) is 2. The predicted octanol–water partition coefficient (Wildman–Crippen LogP) is -1.39. The number of nitrogens with two attached hydrogens (primary N) is 1. The Morgan fingerprint density at radius 1 is 0.853 bits per heavy atom. The number of amides is 3.